The van der Waals surface area contributed by atoms with Crippen molar-refractivity contribution >= 4 is 38.4 Å². The predicted molar refractivity (Wildman–Crippen MR) is 57.2 cm³/mol. The molecule has 1 aromatic heterocycles. The summed E-state index contributed by atoms with van der Waals surface area (Å²) < 4.78 is 0. The average molecular weight is 258 g/mol. The molecule has 1 aromatic carbocycles. The molecule has 2 aromatic rings. The third kappa shape index (κ3) is 1.54. The van der Waals surface area contributed by atoms with Gasteiger partial charge in [0.25, 0.3) is 0 Å². The minimum Gasteiger partial charge on any atom is -0.236 e. The van der Waals surface area contributed by atoms with Gasteiger partial charge in [-0.3, -0.25) is 0 Å². The van der Waals surface area contributed by atoms with Crippen LogP contribution in [0.25, 0.3) is 10.9 Å². The van der Waals surface area contributed by atoms with E-state index in [9.17, 15) is 0 Å². The lowest BCUT2D eigenvalue weighted by molar-refractivity contribution is 1.21. The standard InChI is InChI=1S/C9H6BrClN2/c10-4-6-2-1-3-7-8(6)12-5-13-9(7)11/h1-3,5H,4H2. The van der Waals surface area contributed by atoms with Crippen molar-refractivity contribution in [3.8, 4) is 0 Å². The first-order valence-corrected chi connectivity index (χ1v) is 5.27. The largest absolute Gasteiger partial charge is 0.236 e. The summed E-state index contributed by atoms with van der Waals surface area (Å²) in [7, 11) is 0. The Morgan fingerprint density at radius 3 is 2.92 bits per heavy atom. The zero-order valence-corrected chi connectivity index (χ0v) is 9.01. The van der Waals surface area contributed by atoms with Crippen LogP contribution < -0.4 is 0 Å². The smallest absolute Gasteiger partial charge is 0.140 e. The van der Waals surface area contributed by atoms with Crippen LogP contribution in [-0.2, 0) is 5.33 Å². The van der Waals surface area contributed by atoms with Gasteiger partial charge in [-0.05, 0) is 11.6 Å². The fourth-order valence-electron chi connectivity index (χ4n) is 1.22. The molecule has 0 atom stereocenters. The second-order valence-electron chi connectivity index (χ2n) is 2.61. The van der Waals surface area contributed by atoms with Crippen molar-refractivity contribution in [1.82, 2.24) is 9.97 Å². The number of benzene rings is 1. The molecule has 66 valence electrons. The molecular weight excluding hydrogens is 251 g/mol. The van der Waals surface area contributed by atoms with Crippen LogP contribution in [0.1, 0.15) is 5.56 Å². The minimum atomic E-state index is 0.507. The minimum absolute atomic E-state index is 0.507. The van der Waals surface area contributed by atoms with E-state index >= 15 is 0 Å². The summed E-state index contributed by atoms with van der Waals surface area (Å²) in [5.74, 6) is 0. The van der Waals surface area contributed by atoms with E-state index < -0.39 is 0 Å². The van der Waals surface area contributed by atoms with Crippen LogP contribution in [0.2, 0.25) is 5.15 Å². The molecule has 0 N–H and O–H groups in total. The Hall–Kier alpha value is -0.670. The van der Waals surface area contributed by atoms with Crippen LogP contribution in [0.3, 0.4) is 0 Å². The number of fused-ring (bicyclic) bond motifs is 1. The highest BCUT2D eigenvalue weighted by atomic mass is 79.9. The third-order valence-electron chi connectivity index (χ3n) is 1.84. The van der Waals surface area contributed by atoms with Gasteiger partial charge < -0.3 is 0 Å². The van der Waals surface area contributed by atoms with E-state index in [0.717, 1.165) is 21.8 Å². The second kappa shape index (κ2) is 3.60. The summed E-state index contributed by atoms with van der Waals surface area (Å²) in [5, 5.41) is 2.19. The van der Waals surface area contributed by atoms with Crippen molar-refractivity contribution in [2.45, 2.75) is 5.33 Å². The van der Waals surface area contributed by atoms with Gasteiger partial charge >= 0.3 is 0 Å². The number of hydrogen-bond acceptors (Lipinski definition) is 2. The van der Waals surface area contributed by atoms with Gasteiger partial charge in [0.2, 0.25) is 0 Å². The SMILES string of the molecule is Clc1ncnc2c(CBr)cccc12. The summed E-state index contributed by atoms with van der Waals surface area (Å²) >= 11 is 9.32. The molecule has 0 unspecified atom stereocenters. The molecular formula is C9H6BrClN2. The highest BCUT2D eigenvalue weighted by Crippen LogP contribution is 2.23. The molecule has 0 aliphatic heterocycles. The summed E-state index contributed by atoms with van der Waals surface area (Å²) in [4.78, 5) is 8.11. The van der Waals surface area contributed by atoms with E-state index in [1.807, 2.05) is 18.2 Å². The molecule has 2 rings (SSSR count). The quantitative estimate of drug-likeness (QED) is 0.579. The average Bonchev–Trinajstić information content (AvgIpc) is 2.18. The van der Waals surface area contributed by atoms with Crippen molar-refractivity contribution in [2.75, 3.05) is 0 Å². The Bertz CT molecular complexity index is 445. The van der Waals surface area contributed by atoms with E-state index in [0.29, 0.717) is 5.15 Å². The van der Waals surface area contributed by atoms with Gasteiger partial charge in [-0.15, -0.1) is 0 Å². The maximum absolute atomic E-state index is 5.92. The van der Waals surface area contributed by atoms with Gasteiger partial charge in [0.1, 0.15) is 11.5 Å². The van der Waals surface area contributed by atoms with Gasteiger partial charge in [0, 0.05) is 10.7 Å². The fourth-order valence-corrected chi connectivity index (χ4v) is 1.87. The van der Waals surface area contributed by atoms with Gasteiger partial charge in [0.15, 0.2) is 0 Å². The van der Waals surface area contributed by atoms with E-state index in [2.05, 4.69) is 25.9 Å². The lowest BCUT2D eigenvalue weighted by atomic mass is 10.1. The molecule has 0 aliphatic carbocycles. The van der Waals surface area contributed by atoms with Gasteiger partial charge in [-0.25, -0.2) is 9.97 Å². The summed E-state index contributed by atoms with van der Waals surface area (Å²) in [6.07, 6.45) is 1.48. The van der Waals surface area contributed by atoms with Crippen molar-refractivity contribution in [2.24, 2.45) is 0 Å². The lowest BCUT2D eigenvalue weighted by Crippen LogP contribution is -1.88. The van der Waals surface area contributed by atoms with Crippen molar-refractivity contribution < 1.29 is 0 Å². The van der Waals surface area contributed by atoms with E-state index in [-0.39, 0.29) is 0 Å². The van der Waals surface area contributed by atoms with Crippen molar-refractivity contribution in [1.29, 1.82) is 0 Å². The maximum Gasteiger partial charge on any atom is 0.140 e. The first-order valence-electron chi connectivity index (χ1n) is 3.77. The summed E-state index contributed by atoms with van der Waals surface area (Å²) in [6, 6.07) is 5.89. The topological polar surface area (TPSA) is 25.8 Å². The summed E-state index contributed by atoms with van der Waals surface area (Å²) in [5.41, 5.74) is 2.04. The zero-order chi connectivity index (χ0) is 9.26. The molecule has 13 heavy (non-hydrogen) atoms. The van der Waals surface area contributed by atoms with Crippen LogP contribution in [0.4, 0.5) is 0 Å². The molecule has 0 saturated heterocycles. The Labute approximate surface area is 89.1 Å². The second-order valence-corrected chi connectivity index (χ2v) is 3.53. The molecule has 0 bridgehead atoms. The highest BCUT2D eigenvalue weighted by Gasteiger charge is 2.03. The molecule has 0 amide bonds. The number of hydrogen-bond donors (Lipinski definition) is 0. The highest BCUT2D eigenvalue weighted by molar-refractivity contribution is 9.08. The number of nitrogens with zero attached hydrogens (tertiary/aromatic N) is 2. The third-order valence-corrected chi connectivity index (χ3v) is 2.75. The summed E-state index contributed by atoms with van der Waals surface area (Å²) in [6.45, 7) is 0. The Kier molecular flexibility index (Phi) is 2.47. The molecule has 0 fully saturated rings. The Balaban J connectivity index is 2.84. The molecule has 1 heterocycles. The van der Waals surface area contributed by atoms with Crippen molar-refractivity contribution in [3.63, 3.8) is 0 Å². The number of rotatable bonds is 1. The van der Waals surface area contributed by atoms with E-state index in [1.165, 1.54) is 6.33 Å². The number of aromatic nitrogens is 2. The van der Waals surface area contributed by atoms with Crippen molar-refractivity contribution in [3.05, 3.63) is 35.2 Å². The molecule has 0 aliphatic rings. The van der Waals surface area contributed by atoms with E-state index in [1.54, 1.807) is 0 Å². The fraction of sp³-hybridized carbons (Fsp3) is 0.111. The monoisotopic (exact) mass is 256 g/mol. The number of para-hydroxylation sites is 1. The van der Waals surface area contributed by atoms with Crippen LogP contribution in [0.5, 0.6) is 0 Å². The molecule has 2 nitrogen and oxygen atoms in total. The maximum atomic E-state index is 5.92. The van der Waals surface area contributed by atoms with Gasteiger partial charge in [-0.2, -0.15) is 0 Å². The first-order chi connectivity index (χ1) is 6.33. The van der Waals surface area contributed by atoms with E-state index in [4.69, 9.17) is 11.6 Å². The molecule has 0 radical (unpaired) electrons. The number of halogens is 2. The normalized spacial score (nSPS) is 10.6. The van der Waals surface area contributed by atoms with Gasteiger partial charge in [-0.1, -0.05) is 39.7 Å². The lowest BCUT2D eigenvalue weighted by Gasteiger charge is -2.02. The Morgan fingerprint density at radius 1 is 1.31 bits per heavy atom. The first kappa shape index (κ1) is 8.91. The van der Waals surface area contributed by atoms with Crippen LogP contribution in [-0.4, -0.2) is 9.97 Å². The van der Waals surface area contributed by atoms with Crippen LogP contribution in [0.15, 0.2) is 24.5 Å². The molecule has 0 spiro atoms. The number of alkyl halides is 1. The predicted octanol–water partition coefficient (Wildman–Crippen LogP) is 3.18. The van der Waals surface area contributed by atoms with Crippen LogP contribution in [0, 0.1) is 0 Å². The zero-order valence-electron chi connectivity index (χ0n) is 6.67. The molecule has 4 heteroatoms. The van der Waals surface area contributed by atoms with Crippen LogP contribution >= 0.6 is 27.5 Å². The Morgan fingerprint density at radius 2 is 2.15 bits per heavy atom. The van der Waals surface area contributed by atoms with Gasteiger partial charge in [0.05, 0.1) is 5.52 Å². The molecule has 0 saturated carbocycles.